The van der Waals surface area contributed by atoms with Crippen molar-refractivity contribution in [1.82, 2.24) is 9.97 Å². The van der Waals surface area contributed by atoms with Gasteiger partial charge in [0.05, 0.1) is 0 Å². The number of aryl methyl sites for hydroxylation is 1. The highest BCUT2D eigenvalue weighted by Crippen LogP contribution is 2.37. The average molecular weight is 234 g/mol. The van der Waals surface area contributed by atoms with E-state index in [0.717, 1.165) is 30.4 Å². The van der Waals surface area contributed by atoms with Gasteiger partial charge in [-0.15, -0.1) is 0 Å². The molecule has 0 unspecified atom stereocenters. The third kappa shape index (κ3) is 2.68. The topological polar surface area (TPSA) is 49.8 Å². The van der Waals surface area contributed by atoms with Crippen LogP contribution in [0.1, 0.15) is 45.2 Å². The molecule has 94 valence electrons. The zero-order chi connectivity index (χ0) is 12.3. The summed E-state index contributed by atoms with van der Waals surface area (Å²) in [6.45, 7) is 7.15. The molecular formula is C13H22N4. The van der Waals surface area contributed by atoms with E-state index in [1.54, 1.807) is 0 Å². The number of nitrogens with zero attached hydrogens (tertiary/aromatic N) is 2. The van der Waals surface area contributed by atoms with Crippen molar-refractivity contribution in [3.8, 4) is 0 Å². The van der Waals surface area contributed by atoms with Crippen LogP contribution in [0.3, 0.4) is 0 Å². The highest BCUT2D eigenvalue weighted by Gasteiger charge is 2.35. The van der Waals surface area contributed by atoms with E-state index in [4.69, 9.17) is 0 Å². The molecule has 1 heterocycles. The van der Waals surface area contributed by atoms with Crippen LogP contribution in [-0.4, -0.2) is 22.1 Å². The van der Waals surface area contributed by atoms with E-state index in [0.29, 0.717) is 0 Å². The molecule has 1 fully saturated rings. The molecule has 2 rings (SSSR count). The number of rotatable bonds is 5. The summed E-state index contributed by atoms with van der Waals surface area (Å²) < 4.78 is 0. The summed E-state index contributed by atoms with van der Waals surface area (Å²) in [7, 11) is 0. The maximum atomic E-state index is 4.50. The van der Waals surface area contributed by atoms with Gasteiger partial charge in [-0.25, -0.2) is 4.98 Å². The fraction of sp³-hybridized carbons (Fsp3) is 0.692. The van der Waals surface area contributed by atoms with E-state index < -0.39 is 0 Å². The molecule has 0 atom stereocenters. The molecule has 1 aromatic rings. The molecule has 17 heavy (non-hydrogen) atoms. The number of hydrogen-bond donors (Lipinski definition) is 2. The van der Waals surface area contributed by atoms with Crippen LogP contribution >= 0.6 is 0 Å². The lowest BCUT2D eigenvalue weighted by Crippen LogP contribution is -2.44. The first-order valence-electron chi connectivity index (χ1n) is 6.55. The first-order valence-corrected chi connectivity index (χ1v) is 6.55. The summed E-state index contributed by atoms with van der Waals surface area (Å²) in [5.74, 6) is 1.68. The van der Waals surface area contributed by atoms with Gasteiger partial charge in [-0.3, -0.25) is 0 Å². The van der Waals surface area contributed by atoms with E-state index in [-0.39, 0.29) is 5.54 Å². The molecule has 1 saturated carbocycles. The second kappa shape index (κ2) is 4.90. The van der Waals surface area contributed by atoms with Crippen molar-refractivity contribution in [2.24, 2.45) is 0 Å². The van der Waals surface area contributed by atoms with E-state index >= 15 is 0 Å². The number of hydrogen-bond acceptors (Lipinski definition) is 4. The van der Waals surface area contributed by atoms with Gasteiger partial charge in [0.2, 0.25) is 5.95 Å². The molecule has 0 bridgehead atoms. The highest BCUT2D eigenvalue weighted by molar-refractivity contribution is 5.44. The van der Waals surface area contributed by atoms with Gasteiger partial charge in [-0.05, 0) is 39.5 Å². The molecular weight excluding hydrogens is 212 g/mol. The van der Waals surface area contributed by atoms with Crippen LogP contribution in [0.15, 0.2) is 6.07 Å². The zero-order valence-electron chi connectivity index (χ0n) is 11.0. The lowest BCUT2D eigenvalue weighted by Gasteiger charge is -2.42. The van der Waals surface area contributed by atoms with Gasteiger partial charge >= 0.3 is 0 Å². The smallest absolute Gasteiger partial charge is 0.224 e. The Morgan fingerprint density at radius 1 is 1.29 bits per heavy atom. The Balaban J connectivity index is 2.14. The minimum absolute atomic E-state index is 0.282. The molecule has 4 heteroatoms. The predicted molar refractivity (Wildman–Crippen MR) is 71.4 cm³/mol. The van der Waals surface area contributed by atoms with Gasteiger partial charge < -0.3 is 10.6 Å². The summed E-state index contributed by atoms with van der Waals surface area (Å²) in [6, 6.07) is 2.02. The summed E-state index contributed by atoms with van der Waals surface area (Å²) >= 11 is 0. The Hall–Kier alpha value is -1.32. The van der Waals surface area contributed by atoms with E-state index in [2.05, 4.69) is 34.4 Å². The van der Waals surface area contributed by atoms with Crippen molar-refractivity contribution < 1.29 is 0 Å². The molecule has 0 radical (unpaired) electrons. The van der Waals surface area contributed by atoms with E-state index in [1.165, 1.54) is 19.3 Å². The van der Waals surface area contributed by atoms with Crippen molar-refractivity contribution in [3.05, 3.63) is 11.8 Å². The Labute approximate surface area is 103 Å². The molecule has 1 aliphatic carbocycles. The highest BCUT2D eigenvalue weighted by atomic mass is 15.2. The van der Waals surface area contributed by atoms with Gasteiger partial charge in [0.15, 0.2) is 0 Å². The summed E-state index contributed by atoms with van der Waals surface area (Å²) in [5.41, 5.74) is 1.29. The van der Waals surface area contributed by atoms with Gasteiger partial charge in [0.25, 0.3) is 0 Å². The van der Waals surface area contributed by atoms with Crippen LogP contribution in [0.2, 0.25) is 0 Å². The first-order chi connectivity index (χ1) is 8.17. The maximum absolute atomic E-state index is 4.50. The Morgan fingerprint density at radius 3 is 2.59 bits per heavy atom. The van der Waals surface area contributed by atoms with Crippen LogP contribution in [-0.2, 0) is 0 Å². The first kappa shape index (κ1) is 12.1. The van der Waals surface area contributed by atoms with Crippen molar-refractivity contribution in [3.63, 3.8) is 0 Å². The molecule has 0 aliphatic heterocycles. The average Bonchev–Trinajstić information content (AvgIpc) is 2.23. The van der Waals surface area contributed by atoms with Gasteiger partial charge in [-0.1, -0.05) is 6.92 Å². The molecule has 1 aromatic heterocycles. The third-order valence-corrected chi connectivity index (χ3v) is 3.57. The minimum atomic E-state index is 0.282. The lowest BCUT2D eigenvalue weighted by molar-refractivity contribution is 0.269. The van der Waals surface area contributed by atoms with Gasteiger partial charge in [0, 0.05) is 23.8 Å². The monoisotopic (exact) mass is 234 g/mol. The zero-order valence-corrected chi connectivity index (χ0v) is 11.0. The molecule has 4 nitrogen and oxygen atoms in total. The quantitative estimate of drug-likeness (QED) is 0.822. The Bertz CT molecular complexity index is 379. The van der Waals surface area contributed by atoms with Crippen LogP contribution < -0.4 is 10.6 Å². The maximum Gasteiger partial charge on any atom is 0.224 e. The summed E-state index contributed by atoms with van der Waals surface area (Å²) in [6.07, 6.45) is 4.99. The van der Waals surface area contributed by atoms with Crippen LogP contribution in [0.4, 0.5) is 11.8 Å². The largest absolute Gasteiger partial charge is 0.364 e. The van der Waals surface area contributed by atoms with Crippen molar-refractivity contribution in [2.75, 3.05) is 17.2 Å². The Morgan fingerprint density at radius 2 is 2.06 bits per heavy atom. The number of aromatic nitrogens is 2. The van der Waals surface area contributed by atoms with Crippen LogP contribution in [0.5, 0.6) is 0 Å². The SMILES string of the molecule is CCNc1nc(C)cc(NC2(CC)CCC2)n1. The van der Waals surface area contributed by atoms with Gasteiger partial charge in [-0.2, -0.15) is 4.98 Å². The predicted octanol–water partition coefficient (Wildman–Crippen LogP) is 2.96. The van der Waals surface area contributed by atoms with Crippen LogP contribution in [0, 0.1) is 6.92 Å². The van der Waals surface area contributed by atoms with Crippen LogP contribution in [0.25, 0.3) is 0 Å². The fourth-order valence-electron chi connectivity index (χ4n) is 2.31. The Kier molecular flexibility index (Phi) is 3.50. The van der Waals surface area contributed by atoms with E-state index in [1.807, 2.05) is 13.0 Å². The lowest BCUT2D eigenvalue weighted by atomic mass is 9.75. The second-order valence-corrected chi connectivity index (χ2v) is 4.86. The van der Waals surface area contributed by atoms with Gasteiger partial charge in [0.1, 0.15) is 5.82 Å². The fourth-order valence-corrected chi connectivity index (χ4v) is 2.31. The molecule has 0 amide bonds. The summed E-state index contributed by atoms with van der Waals surface area (Å²) in [4.78, 5) is 8.87. The van der Waals surface area contributed by atoms with E-state index in [9.17, 15) is 0 Å². The normalized spacial score (nSPS) is 17.4. The second-order valence-electron chi connectivity index (χ2n) is 4.86. The van der Waals surface area contributed by atoms with Crippen molar-refractivity contribution in [1.29, 1.82) is 0 Å². The molecule has 2 N–H and O–H groups in total. The molecule has 0 saturated heterocycles. The third-order valence-electron chi connectivity index (χ3n) is 3.57. The molecule has 0 aromatic carbocycles. The summed E-state index contributed by atoms with van der Waals surface area (Å²) in [5, 5.41) is 6.76. The number of anilines is 2. The molecule has 0 spiro atoms. The number of nitrogens with one attached hydrogen (secondary N) is 2. The minimum Gasteiger partial charge on any atom is -0.364 e. The van der Waals surface area contributed by atoms with Crippen molar-refractivity contribution in [2.45, 2.75) is 52.0 Å². The van der Waals surface area contributed by atoms with Crippen molar-refractivity contribution >= 4 is 11.8 Å². The standard InChI is InChI=1S/C13H22N4/c1-4-13(7-6-8-13)17-11-9-10(3)15-12(16-11)14-5-2/h9H,4-8H2,1-3H3,(H2,14,15,16,17). The molecule has 1 aliphatic rings.